The molecular weight excluding hydrogens is 421 g/mol. The fraction of sp³-hybridized carbons (Fsp3) is 0.200. The lowest BCUT2D eigenvalue weighted by Crippen LogP contribution is -2.20. The van der Waals surface area contributed by atoms with E-state index in [-0.39, 0.29) is 5.95 Å². The van der Waals surface area contributed by atoms with E-state index in [1.165, 1.54) is 18.9 Å². The molecule has 0 aliphatic carbocycles. The number of fused-ring (bicyclic) bond motifs is 1. The molecule has 1 aromatic heterocycles. The Balaban J connectivity index is 1.86. The van der Waals surface area contributed by atoms with E-state index in [4.69, 9.17) is 21.1 Å². The Labute approximate surface area is 174 Å². The van der Waals surface area contributed by atoms with E-state index in [9.17, 15) is 13.2 Å². The fourth-order valence-electron chi connectivity index (χ4n) is 3.22. The Morgan fingerprint density at radius 1 is 1.07 bits per heavy atom. The minimum Gasteiger partial charge on any atom is -0.493 e. The maximum absolute atomic E-state index is 13.2. The Morgan fingerprint density at radius 3 is 2.47 bits per heavy atom. The van der Waals surface area contributed by atoms with Crippen molar-refractivity contribution in [2.24, 2.45) is 0 Å². The summed E-state index contributed by atoms with van der Waals surface area (Å²) in [5.41, 5.74) is 1.81. The van der Waals surface area contributed by atoms with Crippen LogP contribution in [0.1, 0.15) is 23.0 Å². The van der Waals surface area contributed by atoms with Crippen LogP contribution >= 0.6 is 11.6 Å². The summed E-state index contributed by atoms with van der Waals surface area (Å²) >= 11 is 6.33. The predicted molar refractivity (Wildman–Crippen MR) is 106 cm³/mol. The van der Waals surface area contributed by atoms with Crippen LogP contribution in [0.5, 0.6) is 11.5 Å². The lowest BCUT2D eigenvalue weighted by atomic mass is 10.0. The van der Waals surface area contributed by atoms with Crippen molar-refractivity contribution in [3.63, 3.8) is 0 Å². The van der Waals surface area contributed by atoms with Gasteiger partial charge in [-0.05, 0) is 35.9 Å². The SMILES string of the molecule is COc1ccc(C2=C[C@@H](c3ccccc3Cl)n3nc(C(F)(F)F)nc3N2)cc1OC. The van der Waals surface area contributed by atoms with Crippen molar-refractivity contribution in [3.8, 4) is 11.5 Å². The van der Waals surface area contributed by atoms with Crippen LogP contribution in [0.25, 0.3) is 5.70 Å². The highest BCUT2D eigenvalue weighted by atomic mass is 35.5. The van der Waals surface area contributed by atoms with Gasteiger partial charge in [0.2, 0.25) is 5.95 Å². The predicted octanol–water partition coefficient (Wildman–Crippen LogP) is 5.02. The second-order valence-corrected chi connectivity index (χ2v) is 6.85. The summed E-state index contributed by atoms with van der Waals surface area (Å²) < 4.78 is 51.5. The highest BCUT2D eigenvalue weighted by molar-refractivity contribution is 6.31. The first kappa shape index (κ1) is 20.1. The standard InChI is InChI=1S/C20H16ClF3N4O2/c1-29-16-8-7-11(9-17(16)30-2)14-10-15(12-5-3-4-6-13(12)21)28-19(25-14)26-18(27-28)20(22,23)24/h3-10,15H,1-2H3,(H,25,26,27)/t15-/m0/s1. The minimum atomic E-state index is -4.68. The van der Waals surface area contributed by atoms with E-state index in [2.05, 4.69) is 15.4 Å². The van der Waals surface area contributed by atoms with Crippen molar-refractivity contribution < 1.29 is 22.6 Å². The molecule has 0 amide bonds. The van der Waals surface area contributed by atoms with Gasteiger partial charge < -0.3 is 14.8 Å². The zero-order valence-corrected chi connectivity index (χ0v) is 16.6. The number of halogens is 4. The molecule has 10 heteroatoms. The van der Waals surface area contributed by atoms with Crippen molar-refractivity contribution in [3.05, 3.63) is 70.5 Å². The van der Waals surface area contributed by atoms with E-state index in [1.807, 2.05) is 0 Å². The van der Waals surface area contributed by atoms with E-state index >= 15 is 0 Å². The van der Waals surface area contributed by atoms with Gasteiger partial charge in [0, 0.05) is 16.3 Å². The van der Waals surface area contributed by atoms with Crippen molar-refractivity contribution in [2.75, 3.05) is 19.5 Å². The van der Waals surface area contributed by atoms with E-state index in [0.717, 1.165) is 0 Å². The molecule has 30 heavy (non-hydrogen) atoms. The number of rotatable bonds is 4. The highest BCUT2D eigenvalue weighted by Gasteiger charge is 2.39. The molecule has 0 saturated carbocycles. The van der Waals surface area contributed by atoms with E-state index in [1.54, 1.807) is 48.5 Å². The molecule has 2 heterocycles. The van der Waals surface area contributed by atoms with Gasteiger partial charge in [0.1, 0.15) is 6.04 Å². The van der Waals surface area contributed by atoms with Gasteiger partial charge >= 0.3 is 6.18 Å². The van der Waals surface area contributed by atoms with Crippen LogP contribution in [-0.4, -0.2) is 29.0 Å². The zero-order valence-electron chi connectivity index (χ0n) is 15.9. The molecule has 0 radical (unpaired) electrons. The average Bonchev–Trinajstić information content (AvgIpc) is 3.18. The first-order valence-corrected chi connectivity index (χ1v) is 9.19. The number of allylic oxidation sites excluding steroid dienone is 1. The smallest absolute Gasteiger partial charge is 0.453 e. The third-order valence-electron chi connectivity index (χ3n) is 4.64. The Kier molecular flexibility index (Phi) is 5.07. The van der Waals surface area contributed by atoms with E-state index < -0.39 is 18.0 Å². The quantitative estimate of drug-likeness (QED) is 0.622. The van der Waals surface area contributed by atoms with Crippen molar-refractivity contribution in [1.82, 2.24) is 14.8 Å². The molecule has 6 nitrogen and oxygen atoms in total. The van der Waals surface area contributed by atoms with Crippen LogP contribution in [0.2, 0.25) is 5.02 Å². The largest absolute Gasteiger partial charge is 0.493 e. The van der Waals surface area contributed by atoms with Crippen LogP contribution < -0.4 is 14.8 Å². The van der Waals surface area contributed by atoms with Gasteiger partial charge in [-0.1, -0.05) is 29.8 Å². The maximum atomic E-state index is 13.2. The Bertz CT molecular complexity index is 1130. The van der Waals surface area contributed by atoms with Crippen LogP contribution in [0.15, 0.2) is 48.5 Å². The average molecular weight is 437 g/mol. The van der Waals surface area contributed by atoms with Gasteiger partial charge in [-0.3, -0.25) is 0 Å². The molecule has 0 unspecified atom stereocenters. The molecule has 1 aliphatic heterocycles. The van der Waals surface area contributed by atoms with Gasteiger partial charge in [-0.15, -0.1) is 5.10 Å². The van der Waals surface area contributed by atoms with E-state index in [0.29, 0.717) is 33.3 Å². The Hall–Kier alpha value is -3.20. The normalized spacial score (nSPS) is 15.8. The third-order valence-corrected chi connectivity index (χ3v) is 4.98. The third kappa shape index (κ3) is 3.56. The molecule has 0 spiro atoms. The summed E-state index contributed by atoms with van der Waals surface area (Å²) in [4.78, 5) is 3.66. The van der Waals surface area contributed by atoms with Crippen molar-refractivity contribution in [2.45, 2.75) is 12.2 Å². The maximum Gasteiger partial charge on any atom is 0.453 e. The minimum absolute atomic E-state index is 0.0421. The number of hydrogen-bond donors (Lipinski definition) is 1. The van der Waals surface area contributed by atoms with Gasteiger partial charge in [0.05, 0.1) is 14.2 Å². The van der Waals surface area contributed by atoms with Gasteiger partial charge in [0.25, 0.3) is 5.82 Å². The first-order valence-electron chi connectivity index (χ1n) is 8.81. The molecule has 0 fully saturated rings. The summed E-state index contributed by atoms with van der Waals surface area (Å²) in [5, 5.41) is 7.01. The van der Waals surface area contributed by atoms with Crippen molar-refractivity contribution >= 4 is 23.2 Å². The molecule has 156 valence electrons. The van der Waals surface area contributed by atoms with Crippen LogP contribution in [-0.2, 0) is 6.18 Å². The molecule has 4 rings (SSSR count). The van der Waals surface area contributed by atoms with Gasteiger partial charge in [-0.2, -0.15) is 18.2 Å². The summed E-state index contributed by atoms with van der Waals surface area (Å²) in [5.74, 6) is -0.263. The first-order chi connectivity index (χ1) is 14.3. The number of hydrogen-bond acceptors (Lipinski definition) is 5. The molecule has 2 aromatic carbocycles. The fourth-order valence-corrected chi connectivity index (χ4v) is 3.47. The van der Waals surface area contributed by atoms with Gasteiger partial charge in [-0.25, -0.2) is 4.68 Å². The lowest BCUT2D eigenvalue weighted by Gasteiger charge is -2.25. The molecule has 1 N–H and O–H groups in total. The summed E-state index contributed by atoms with van der Waals surface area (Å²) in [6.07, 6.45) is -2.94. The second kappa shape index (κ2) is 7.56. The number of alkyl halides is 3. The summed E-state index contributed by atoms with van der Waals surface area (Å²) in [6.45, 7) is 0. The topological polar surface area (TPSA) is 61.2 Å². The highest BCUT2D eigenvalue weighted by Crippen LogP contribution is 2.39. The van der Waals surface area contributed by atoms with Gasteiger partial charge in [0.15, 0.2) is 11.5 Å². The summed E-state index contributed by atoms with van der Waals surface area (Å²) in [7, 11) is 3.02. The monoisotopic (exact) mass is 436 g/mol. The van der Waals surface area contributed by atoms with Crippen LogP contribution in [0.3, 0.4) is 0 Å². The molecule has 0 saturated heterocycles. The molecule has 3 aromatic rings. The van der Waals surface area contributed by atoms with Crippen LogP contribution in [0, 0.1) is 0 Å². The molecule has 1 atom stereocenters. The summed E-state index contributed by atoms with van der Waals surface area (Å²) in [6, 6.07) is 11.4. The number of ether oxygens (including phenoxy) is 2. The second-order valence-electron chi connectivity index (χ2n) is 6.44. The van der Waals surface area contributed by atoms with Crippen LogP contribution in [0.4, 0.5) is 19.1 Å². The number of benzene rings is 2. The lowest BCUT2D eigenvalue weighted by molar-refractivity contribution is -0.145. The zero-order chi connectivity index (χ0) is 21.5. The molecular formula is C20H16ClF3N4O2. The number of nitrogens with one attached hydrogen (secondary N) is 1. The van der Waals surface area contributed by atoms with Crippen molar-refractivity contribution in [1.29, 1.82) is 0 Å². The molecule has 1 aliphatic rings. The molecule has 0 bridgehead atoms. The number of anilines is 1. The Morgan fingerprint density at radius 2 is 1.80 bits per heavy atom. The number of aromatic nitrogens is 3. The number of nitrogens with zero attached hydrogens (tertiary/aromatic N) is 3. The number of methoxy groups -OCH3 is 2.